The number of ether oxygens (including phenoxy) is 1. The van der Waals surface area contributed by atoms with Crippen molar-refractivity contribution >= 4 is 10.8 Å². The van der Waals surface area contributed by atoms with Gasteiger partial charge in [0.05, 0.1) is 12.7 Å². The predicted octanol–water partition coefficient (Wildman–Crippen LogP) is 3.65. The molecule has 0 aliphatic heterocycles. The topological polar surface area (TPSA) is 13.1 Å². The zero-order valence-corrected chi connectivity index (χ0v) is 12.1. The van der Waals surface area contributed by atoms with Crippen LogP contribution in [-0.4, -0.2) is 7.11 Å². The summed E-state index contributed by atoms with van der Waals surface area (Å²) >= 11 is 0. The molecule has 0 aliphatic rings. The maximum atomic E-state index is 5.69. The fraction of sp³-hybridized carbons (Fsp3) is 0.167. The smallest absolute Gasteiger partial charge is 0.216 e. The fourth-order valence-corrected chi connectivity index (χ4v) is 2.63. The van der Waals surface area contributed by atoms with E-state index in [0.717, 1.165) is 22.4 Å². The molecule has 0 unspecified atom stereocenters. The van der Waals surface area contributed by atoms with Crippen molar-refractivity contribution < 1.29 is 9.30 Å². The molecule has 0 amide bonds. The summed E-state index contributed by atoms with van der Waals surface area (Å²) in [5, 5.41) is 2.34. The Bertz CT molecular complexity index is 777. The van der Waals surface area contributed by atoms with Gasteiger partial charge in [-0.2, -0.15) is 4.57 Å². The van der Waals surface area contributed by atoms with Crippen molar-refractivity contribution in [2.75, 3.05) is 7.11 Å². The van der Waals surface area contributed by atoms with Crippen LogP contribution in [0.3, 0.4) is 0 Å². The summed E-state index contributed by atoms with van der Waals surface area (Å²) < 4.78 is 7.88. The van der Waals surface area contributed by atoms with Crippen LogP contribution in [-0.2, 0) is 7.05 Å². The van der Waals surface area contributed by atoms with Gasteiger partial charge >= 0.3 is 0 Å². The van der Waals surface area contributed by atoms with Gasteiger partial charge in [-0.25, -0.2) is 0 Å². The summed E-state index contributed by atoms with van der Waals surface area (Å²) in [7, 11) is 3.82. The molecule has 100 valence electrons. The van der Waals surface area contributed by atoms with E-state index in [1.807, 2.05) is 12.1 Å². The molecule has 3 rings (SSSR count). The van der Waals surface area contributed by atoms with Crippen molar-refractivity contribution in [3.63, 3.8) is 0 Å². The first-order valence-corrected chi connectivity index (χ1v) is 6.74. The van der Waals surface area contributed by atoms with E-state index in [2.05, 4.69) is 61.0 Å². The average molecular weight is 264 g/mol. The van der Waals surface area contributed by atoms with Gasteiger partial charge in [0.2, 0.25) is 5.69 Å². The number of methoxy groups -OCH3 is 1. The van der Waals surface area contributed by atoms with Crippen molar-refractivity contribution in [2.24, 2.45) is 7.05 Å². The number of nitrogens with zero attached hydrogens (tertiary/aromatic N) is 1. The van der Waals surface area contributed by atoms with E-state index < -0.39 is 0 Å². The van der Waals surface area contributed by atoms with E-state index in [4.69, 9.17) is 4.74 Å². The molecule has 0 saturated heterocycles. The van der Waals surface area contributed by atoms with Gasteiger partial charge in [-0.15, -0.1) is 0 Å². The normalized spacial score (nSPS) is 10.8. The lowest BCUT2D eigenvalue weighted by Crippen LogP contribution is -2.34. The maximum Gasteiger partial charge on any atom is 0.216 e. The van der Waals surface area contributed by atoms with E-state index in [1.165, 1.54) is 11.1 Å². The number of aryl methyl sites for hydroxylation is 1. The summed E-state index contributed by atoms with van der Waals surface area (Å²) in [5.74, 6) is 0.935. The molecule has 0 radical (unpaired) electrons. The molecule has 2 nitrogen and oxygen atoms in total. The summed E-state index contributed by atoms with van der Waals surface area (Å²) in [4.78, 5) is 0. The van der Waals surface area contributed by atoms with E-state index in [-0.39, 0.29) is 0 Å². The van der Waals surface area contributed by atoms with Crippen molar-refractivity contribution in [1.82, 2.24) is 0 Å². The molecular formula is C18H18NO+. The number of rotatable bonds is 2. The van der Waals surface area contributed by atoms with Gasteiger partial charge in [-0.3, -0.25) is 0 Å². The summed E-state index contributed by atoms with van der Waals surface area (Å²) in [6.07, 6.45) is 0. The van der Waals surface area contributed by atoms with Crippen molar-refractivity contribution in [1.29, 1.82) is 0 Å². The lowest BCUT2D eigenvalue weighted by atomic mass is 10.0. The van der Waals surface area contributed by atoms with Gasteiger partial charge in [-0.1, -0.05) is 30.3 Å². The maximum absolute atomic E-state index is 5.69. The fourth-order valence-electron chi connectivity index (χ4n) is 2.63. The van der Waals surface area contributed by atoms with Crippen molar-refractivity contribution in [3.8, 4) is 17.0 Å². The zero-order valence-electron chi connectivity index (χ0n) is 12.1. The molecule has 2 heteroatoms. The SMILES string of the molecule is COc1c(-c2cccc(C)[n+]2C)ccc2ccccc12. The van der Waals surface area contributed by atoms with E-state index in [1.54, 1.807) is 7.11 Å². The highest BCUT2D eigenvalue weighted by molar-refractivity contribution is 5.94. The minimum atomic E-state index is 0.935. The average Bonchev–Trinajstić information content (AvgIpc) is 2.49. The quantitative estimate of drug-likeness (QED) is 0.644. The number of aromatic nitrogens is 1. The molecule has 0 saturated carbocycles. The Morgan fingerprint density at radius 1 is 0.900 bits per heavy atom. The largest absolute Gasteiger partial charge is 0.495 e. The number of pyridine rings is 1. The van der Waals surface area contributed by atoms with E-state index in [0.29, 0.717) is 0 Å². The van der Waals surface area contributed by atoms with Crippen LogP contribution in [0.5, 0.6) is 5.75 Å². The summed E-state index contributed by atoms with van der Waals surface area (Å²) in [6.45, 7) is 2.11. The second-order valence-corrected chi connectivity index (χ2v) is 4.98. The predicted molar refractivity (Wildman–Crippen MR) is 81.8 cm³/mol. The zero-order chi connectivity index (χ0) is 14.1. The molecule has 0 N–H and O–H groups in total. The minimum absolute atomic E-state index is 0.935. The Morgan fingerprint density at radius 2 is 1.70 bits per heavy atom. The third-order valence-electron chi connectivity index (χ3n) is 3.84. The molecule has 3 aromatic rings. The van der Waals surface area contributed by atoms with Crippen LogP contribution >= 0.6 is 0 Å². The summed E-state index contributed by atoms with van der Waals surface area (Å²) in [6, 6.07) is 18.9. The second-order valence-electron chi connectivity index (χ2n) is 4.98. The van der Waals surface area contributed by atoms with Gasteiger partial charge < -0.3 is 4.74 Å². The number of hydrogen-bond acceptors (Lipinski definition) is 1. The monoisotopic (exact) mass is 264 g/mol. The van der Waals surface area contributed by atoms with Crippen molar-refractivity contribution in [3.05, 3.63) is 60.3 Å². The Balaban J connectivity index is 2.34. The molecule has 0 fully saturated rings. The van der Waals surface area contributed by atoms with Gasteiger partial charge in [0.25, 0.3) is 0 Å². The Hall–Kier alpha value is -2.35. The van der Waals surface area contributed by atoms with Gasteiger partial charge in [0.15, 0.2) is 5.69 Å². The Kier molecular flexibility index (Phi) is 3.15. The van der Waals surface area contributed by atoms with Crippen LogP contribution in [0.4, 0.5) is 0 Å². The number of hydrogen-bond donors (Lipinski definition) is 0. The van der Waals surface area contributed by atoms with Crippen LogP contribution in [0.25, 0.3) is 22.0 Å². The first-order valence-electron chi connectivity index (χ1n) is 6.74. The lowest BCUT2D eigenvalue weighted by molar-refractivity contribution is -0.666. The molecular weight excluding hydrogens is 246 g/mol. The third-order valence-corrected chi connectivity index (χ3v) is 3.84. The summed E-state index contributed by atoms with van der Waals surface area (Å²) in [5.41, 5.74) is 3.50. The Morgan fingerprint density at radius 3 is 2.50 bits per heavy atom. The van der Waals surface area contributed by atoms with Crippen LogP contribution in [0.15, 0.2) is 54.6 Å². The molecule has 1 heterocycles. The van der Waals surface area contributed by atoms with Gasteiger partial charge in [-0.05, 0) is 17.5 Å². The molecule has 20 heavy (non-hydrogen) atoms. The minimum Gasteiger partial charge on any atom is -0.495 e. The first kappa shape index (κ1) is 12.7. The second kappa shape index (κ2) is 4.97. The Labute approximate surface area is 119 Å². The highest BCUT2D eigenvalue weighted by Crippen LogP contribution is 2.35. The third kappa shape index (κ3) is 1.94. The van der Waals surface area contributed by atoms with Crippen LogP contribution < -0.4 is 9.30 Å². The van der Waals surface area contributed by atoms with Crippen LogP contribution in [0.1, 0.15) is 5.69 Å². The van der Waals surface area contributed by atoms with E-state index in [9.17, 15) is 0 Å². The van der Waals surface area contributed by atoms with Crippen molar-refractivity contribution in [2.45, 2.75) is 6.92 Å². The number of benzene rings is 2. The van der Waals surface area contributed by atoms with Gasteiger partial charge in [0.1, 0.15) is 12.8 Å². The molecule has 0 bridgehead atoms. The molecule has 2 aromatic carbocycles. The first-order chi connectivity index (χ1) is 9.72. The van der Waals surface area contributed by atoms with Crippen LogP contribution in [0, 0.1) is 6.92 Å². The molecule has 0 spiro atoms. The lowest BCUT2D eigenvalue weighted by Gasteiger charge is -2.11. The highest BCUT2D eigenvalue weighted by atomic mass is 16.5. The highest BCUT2D eigenvalue weighted by Gasteiger charge is 2.17. The molecule has 1 aromatic heterocycles. The van der Waals surface area contributed by atoms with Gasteiger partial charge in [0, 0.05) is 24.4 Å². The van der Waals surface area contributed by atoms with E-state index >= 15 is 0 Å². The molecule has 0 aliphatic carbocycles. The van der Waals surface area contributed by atoms with Crippen LogP contribution in [0.2, 0.25) is 0 Å². The molecule has 0 atom stereocenters. The standard InChI is InChI=1S/C18H18NO/c1-13-7-6-10-17(19(13)2)16-12-11-14-8-4-5-9-15(14)18(16)20-3/h4-12H,1-3H3/q+1. The number of fused-ring (bicyclic) bond motifs is 1.